The lowest BCUT2D eigenvalue weighted by Gasteiger charge is -2.34. The van der Waals surface area contributed by atoms with Crippen molar-refractivity contribution in [2.24, 2.45) is 28.6 Å². The van der Waals surface area contributed by atoms with Gasteiger partial charge in [0.25, 0.3) is 5.91 Å². The highest BCUT2D eigenvalue weighted by atomic mass is 19.1. The van der Waals surface area contributed by atoms with Gasteiger partial charge < -0.3 is 25.2 Å². The van der Waals surface area contributed by atoms with Gasteiger partial charge in [-0.1, -0.05) is 20.3 Å². The summed E-state index contributed by atoms with van der Waals surface area (Å²) in [5.74, 6) is -1.63. The highest BCUT2D eigenvalue weighted by Gasteiger charge is 2.52. The van der Waals surface area contributed by atoms with E-state index >= 15 is 0 Å². The van der Waals surface area contributed by atoms with Crippen molar-refractivity contribution >= 4 is 17.8 Å². The zero-order valence-corrected chi connectivity index (χ0v) is 24.1. The highest BCUT2D eigenvalue weighted by molar-refractivity contribution is 5.98. The molecule has 4 aliphatic rings. The van der Waals surface area contributed by atoms with E-state index in [0.29, 0.717) is 25.7 Å². The van der Waals surface area contributed by atoms with Crippen molar-refractivity contribution in [3.63, 3.8) is 0 Å². The lowest BCUT2D eigenvalue weighted by Crippen LogP contribution is -2.53. The first-order valence-corrected chi connectivity index (χ1v) is 14.8. The van der Waals surface area contributed by atoms with Crippen LogP contribution >= 0.6 is 0 Å². The molecule has 0 aromatic heterocycles. The fourth-order valence-electron chi connectivity index (χ4n) is 7.68. The number of nitrogens with one attached hydrogen (secondary N) is 2. The van der Waals surface area contributed by atoms with Gasteiger partial charge in [-0.05, 0) is 88.0 Å². The van der Waals surface area contributed by atoms with Crippen molar-refractivity contribution in [1.82, 2.24) is 10.6 Å². The van der Waals surface area contributed by atoms with Crippen LogP contribution in [0.15, 0.2) is 12.1 Å². The number of aliphatic carboxylic acids is 1. The van der Waals surface area contributed by atoms with Crippen LogP contribution < -0.4 is 20.1 Å². The minimum absolute atomic E-state index is 0.0261. The van der Waals surface area contributed by atoms with E-state index in [9.17, 15) is 23.9 Å². The third kappa shape index (κ3) is 5.40. The molecule has 3 N–H and O–H groups in total. The zero-order valence-electron chi connectivity index (χ0n) is 24.1. The van der Waals surface area contributed by atoms with Gasteiger partial charge in [0.2, 0.25) is 5.91 Å². The topological polar surface area (TPSA) is 114 Å². The molecule has 2 bridgehead atoms. The first-order valence-electron chi connectivity index (χ1n) is 14.8. The van der Waals surface area contributed by atoms with E-state index in [1.54, 1.807) is 6.92 Å². The number of hydrogen-bond donors (Lipinski definition) is 3. The number of halogens is 1. The standard InChI is InChI=1S/C31H43FN2O6/c1-30(2)11-5-6-24(30)33-28(36)25-17-7-8-18(14-17)26(25)34-27(35)20-15-23(21(32)16-22(20)39-4)40-19-9-12-31(3,13-10-19)29(37)38/h15-19,24-26H,5-14H2,1-4H3,(H,33,36)(H,34,35)(H,37,38). The van der Waals surface area contributed by atoms with E-state index in [0.717, 1.165) is 44.6 Å². The molecule has 0 aliphatic heterocycles. The minimum atomic E-state index is -0.833. The minimum Gasteiger partial charge on any atom is -0.496 e. The fourth-order valence-corrected chi connectivity index (χ4v) is 7.68. The van der Waals surface area contributed by atoms with Crippen molar-refractivity contribution in [1.29, 1.82) is 0 Å². The SMILES string of the molecule is COc1cc(F)c(OC2CCC(C)(C(=O)O)CC2)cc1C(=O)NC1C2CCC(C2)C1C(=O)NC1CCCC1(C)C. The summed E-state index contributed by atoms with van der Waals surface area (Å²) in [4.78, 5) is 38.7. The molecule has 5 atom stereocenters. The molecule has 0 spiro atoms. The Hall–Kier alpha value is -2.84. The molecule has 9 heteroatoms. The van der Waals surface area contributed by atoms with Crippen LogP contribution in [0, 0.1) is 34.4 Å². The number of carbonyl (C=O) groups excluding carboxylic acids is 2. The summed E-state index contributed by atoms with van der Waals surface area (Å²) in [6.07, 6.45) is 7.53. The summed E-state index contributed by atoms with van der Waals surface area (Å²) in [6, 6.07) is 2.38. The third-order valence-electron chi connectivity index (χ3n) is 10.4. The largest absolute Gasteiger partial charge is 0.496 e. The van der Waals surface area contributed by atoms with Crippen LogP contribution in [-0.2, 0) is 9.59 Å². The number of rotatable bonds is 8. The summed E-state index contributed by atoms with van der Waals surface area (Å²) < 4.78 is 26.3. The lowest BCUT2D eigenvalue weighted by atomic mass is 9.75. The first-order chi connectivity index (χ1) is 18.9. The second-order valence-electron chi connectivity index (χ2n) is 13.5. The van der Waals surface area contributed by atoms with Gasteiger partial charge in [0, 0.05) is 18.2 Å². The molecule has 2 amide bonds. The van der Waals surface area contributed by atoms with E-state index in [1.807, 2.05) is 0 Å². The van der Waals surface area contributed by atoms with E-state index in [1.165, 1.54) is 13.2 Å². The quantitative estimate of drug-likeness (QED) is 0.410. The molecule has 4 saturated carbocycles. The monoisotopic (exact) mass is 558 g/mol. The smallest absolute Gasteiger partial charge is 0.309 e. The second-order valence-corrected chi connectivity index (χ2v) is 13.5. The summed E-state index contributed by atoms with van der Waals surface area (Å²) in [5, 5.41) is 15.9. The van der Waals surface area contributed by atoms with Crippen LogP contribution in [0.2, 0.25) is 0 Å². The lowest BCUT2D eigenvalue weighted by molar-refractivity contribution is -0.150. The number of methoxy groups -OCH3 is 1. The second kappa shape index (κ2) is 10.9. The maximum Gasteiger partial charge on any atom is 0.309 e. The molecule has 220 valence electrons. The molecule has 8 nitrogen and oxygen atoms in total. The summed E-state index contributed by atoms with van der Waals surface area (Å²) in [6.45, 7) is 6.12. The Labute approximate surface area is 235 Å². The Kier molecular flexibility index (Phi) is 7.79. The van der Waals surface area contributed by atoms with Gasteiger partial charge >= 0.3 is 5.97 Å². The van der Waals surface area contributed by atoms with Crippen LogP contribution in [0.1, 0.15) is 95.3 Å². The Bertz CT molecular complexity index is 1160. The number of amides is 2. The van der Waals surface area contributed by atoms with Crippen LogP contribution in [0.4, 0.5) is 4.39 Å². The van der Waals surface area contributed by atoms with Gasteiger partial charge in [0.15, 0.2) is 11.6 Å². The van der Waals surface area contributed by atoms with Crippen molar-refractivity contribution in [2.75, 3.05) is 7.11 Å². The summed E-state index contributed by atoms with van der Waals surface area (Å²) in [5.41, 5.74) is -0.585. The average Bonchev–Trinajstić information content (AvgIpc) is 3.61. The summed E-state index contributed by atoms with van der Waals surface area (Å²) in [7, 11) is 1.39. The molecule has 5 rings (SSSR count). The van der Waals surface area contributed by atoms with Gasteiger partial charge in [-0.15, -0.1) is 0 Å². The zero-order chi connectivity index (χ0) is 28.8. The first kappa shape index (κ1) is 28.7. The Morgan fingerprint density at radius 3 is 2.27 bits per heavy atom. The molecule has 0 heterocycles. The number of carboxylic acids is 1. The van der Waals surface area contributed by atoms with Crippen LogP contribution in [0.5, 0.6) is 11.5 Å². The predicted octanol–water partition coefficient (Wildman–Crippen LogP) is 5.09. The molecule has 1 aromatic carbocycles. The normalized spacial score (nSPS) is 34.3. The van der Waals surface area contributed by atoms with E-state index in [2.05, 4.69) is 24.5 Å². The molecule has 0 radical (unpaired) electrons. The molecule has 0 saturated heterocycles. The van der Waals surface area contributed by atoms with Crippen LogP contribution in [-0.4, -0.2) is 48.2 Å². The number of fused-ring (bicyclic) bond motifs is 2. The molecule has 1 aromatic rings. The number of benzene rings is 1. The summed E-state index contributed by atoms with van der Waals surface area (Å²) >= 11 is 0. The van der Waals surface area contributed by atoms with Gasteiger partial charge in [-0.2, -0.15) is 0 Å². The van der Waals surface area contributed by atoms with E-state index in [4.69, 9.17) is 9.47 Å². The van der Waals surface area contributed by atoms with Gasteiger partial charge in [-0.25, -0.2) is 4.39 Å². The van der Waals surface area contributed by atoms with Crippen molar-refractivity contribution < 1.29 is 33.4 Å². The van der Waals surface area contributed by atoms with Crippen molar-refractivity contribution in [3.8, 4) is 11.5 Å². The molecule has 40 heavy (non-hydrogen) atoms. The van der Waals surface area contributed by atoms with Gasteiger partial charge in [0.1, 0.15) is 5.75 Å². The van der Waals surface area contributed by atoms with Gasteiger partial charge in [0.05, 0.1) is 30.1 Å². The molecule has 4 aliphatic carbocycles. The molecule has 5 unspecified atom stereocenters. The van der Waals surface area contributed by atoms with E-state index in [-0.39, 0.29) is 64.3 Å². The molecule has 4 fully saturated rings. The Balaban J connectivity index is 1.30. The third-order valence-corrected chi connectivity index (χ3v) is 10.4. The number of carboxylic acid groups (broad SMARTS) is 1. The maximum absolute atomic E-state index is 15.0. The van der Waals surface area contributed by atoms with E-state index < -0.39 is 23.1 Å². The Morgan fingerprint density at radius 1 is 0.950 bits per heavy atom. The number of ether oxygens (including phenoxy) is 2. The number of carbonyl (C=O) groups is 3. The fraction of sp³-hybridized carbons (Fsp3) is 0.710. The number of hydrogen-bond acceptors (Lipinski definition) is 5. The van der Waals surface area contributed by atoms with Crippen LogP contribution in [0.25, 0.3) is 0 Å². The molecular weight excluding hydrogens is 515 g/mol. The Morgan fingerprint density at radius 2 is 1.65 bits per heavy atom. The van der Waals surface area contributed by atoms with Crippen molar-refractivity contribution in [2.45, 2.75) is 103 Å². The van der Waals surface area contributed by atoms with Crippen LogP contribution in [0.3, 0.4) is 0 Å². The van der Waals surface area contributed by atoms with Gasteiger partial charge in [-0.3, -0.25) is 14.4 Å². The highest BCUT2D eigenvalue weighted by Crippen LogP contribution is 2.49. The molecular formula is C31H43FN2O6. The maximum atomic E-state index is 15.0. The van der Waals surface area contributed by atoms with Crippen molar-refractivity contribution in [3.05, 3.63) is 23.5 Å². The average molecular weight is 559 g/mol. The predicted molar refractivity (Wildman–Crippen MR) is 147 cm³/mol.